The second kappa shape index (κ2) is 9.85. The maximum atomic E-state index is 12.0. The van der Waals surface area contributed by atoms with Gasteiger partial charge in [-0.2, -0.15) is 10.5 Å². The minimum absolute atomic E-state index is 0.0826. The molecule has 25 heavy (non-hydrogen) atoms. The summed E-state index contributed by atoms with van der Waals surface area (Å²) in [6.07, 6.45) is 0.165. The van der Waals surface area contributed by atoms with Crippen LogP contribution in [0.4, 0.5) is 5.69 Å². The second-order valence-corrected chi connectivity index (χ2v) is 5.10. The number of hydrogen-bond acceptors (Lipinski definition) is 7. The number of nitro groups is 1. The summed E-state index contributed by atoms with van der Waals surface area (Å²) in [6, 6.07) is 7.01. The van der Waals surface area contributed by atoms with Crippen molar-refractivity contribution >= 4 is 29.2 Å². The summed E-state index contributed by atoms with van der Waals surface area (Å²) in [5, 5.41) is 27.6. The molecule has 0 saturated carbocycles. The molecule has 0 heterocycles. The smallest absolute Gasteiger partial charge is 0.340 e. The zero-order valence-electron chi connectivity index (χ0n) is 13.0. The Morgan fingerprint density at radius 2 is 1.84 bits per heavy atom. The van der Waals surface area contributed by atoms with Crippen LogP contribution < -0.4 is 0 Å². The third-order valence-corrected chi connectivity index (χ3v) is 3.36. The molecule has 1 rings (SSSR count). The number of non-ortho nitro benzene ring substituents is 1. The number of hydrogen-bond donors (Lipinski definition) is 0. The Balaban J connectivity index is 2.70. The number of nitrogens with zero attached hydrogens (tertiary/aromatic N) is 4. The molecule has 0 fully saturated rings. The van der Waals surface area contributed by atoms with Crippen LogP contribution in [0.15, 0.2) is 18.2 Å². The lowest BCUT2D eigenvalue weighted by atomic mass is 10.2. The highest BCUT2D eigenvalue weighted by molar-refractivity contribution is 6.33. The van der Waals surface area contributed by atoms with Gasteiger partial charge in [0.05, 0.1) is 40.5 Å². The highest BCUT2D eigenvalue weighted by Gasteiger charge is 2.19. The van der Waals surface area contributed by atoms with Gasteiger partial charge in [-0.05, 0) is 6.07 Å². The van der Waals surface area contributed by atoms with Gasteiger partial charge in [0.25, 0.3) is 11.6 Å². The van der Waals surface area contributed by atoms with Gasteiger partial charge in [-0.15, -0.1) is 0 Å². The van der Waals surface area contributed by atoms with Gasteiger partial charge >= 0.3 is 5.97 Å². The van der Waals surface area contributed by atoms with Gasteiger partial charge in [0.15, 0.2) is 6.61 Å². The molecule has 10 heteroatoms. The van der Waals surface area contributed by atoms with Gasteiger partial charge in [-0.25, -0.2) is 4.79 Å². The quantitative estimate of drug-likeness (QED) is 0.391. The van der Waals surface area contributed by atoms with Gasteiger partial charge in [-0.3, -0.25) is 14.9 Å². The van der Waals surface area contributed by atoms with E-state index in [1.54, 1.807) is 0 Å². The van der Waals surface area contributed by atoms with Crippen LogP contribution in [-0.2, 0) is 9.53 Å². The SMILES string of the molecule is N#CCCN(CCC#N)C(=O)COC(=O)c1ccc([N+](=O)[O-])cc1Cl. The number of rotatable bonds is 8. The number of halogens is 1. The van der Waals surface area contributed by atoms with Crippen molar-refractivity contribution in [2.45, 2.75) is 12.8 Å². The van der Waals surface area contributed by atoms with Crippen LogP contribution in [0.1, 0.15) is 23.2 Å². The summed E-state index contributed by atoms with van der Waals surface area (Å²) >= 11 is 5.81. The number of carbonyl (C=O) groups excluding carboxylic acids is 2. The molecule has 9 nitrogen and oxygen atoms in total. The van der Waals surface area contributed by atoms with E-state index in [4.69, 9.17) is 26.9 Å². The van der Waals surface area contributed by atoms with Crippen LogP contribution in [0, 0.1) is 32.8 Å². The van der Waals surface area contributed by atoms with Crippen molar-refractivity contribution in [3.05, 3.63) is 38.9 Å². The first-order valence-electron chi connectivity index (χ1n) is 7.03. The summed E-state index contributed by atoms with van der Waals surface area (Å²) in [4.78, 5) is 35.2. The third-order valence-electron chi connectivity index (χ3n) is 3.05. The van der Waals surface area contributed by atoms with E-state index in [1.807, 2.05) is 12.1 Å². The Kier molecular flexibility index (Phi) is 7.83. The standard InChI is InChI=1S/C15H13ClN4O5/c16-13-9-11(20(23)24)3-4-12(13)15(22)25-10-14(21)19(7-1-5-17)8-2-6-18/h3-4,9H,1-2,7-8,10H2. The van der Waals surface area contributed by atoms with Crippen LogP contribution in [0.2, 0.25) is 5.02 Å². The van der Waals surface area contributed by atoms with E-state index >= 15 is 0 Å². The van der Waals surface area contributed by atoms with Crippen molar-refractivity contribution in [2.75, 3.05) is 19.7 Å². The molecule has 0 radical (unpaired) electrons. The monoisotopic (exact) mass is 364 g/mol. The van der Waals surface area contributed by atoms with E-state index < -0.39 is 23.4 Å². The first-order valence-corrected chi connectivity index (χ1v) is 7.41. The molecule has 0 saturated heterocycles. The molecule has 0 bridgehead atoms. The van der Waals surface area contributed by atoms with E-state index in [0.29, 0.717) is 0 Å². The van der Waals surface area contributed by atoms with Crippen molar-refractivity contribution in [1.29, 1.82) is 10.5 Å². The fraction of sp³-hybridized carbons (Fsp3) is 0.333. The molecule has 1 aromatic carbocycles. The van der Waals surface area contributed by atoms with Crippen LogP contribution in [-0.4, -0.2) is 41.4 Å². The predicted molar refractivity (Wildman–Crippen MR) is 85.4 cm³/mol. The van der Waals surface area contributed by atoms with E-state index in [9.17, 15) is 19.7 Å². The van der Waals surface area contributed by atoms with E-state index in [0.717, 1.165) is 18.2 Å². The molecule has 130 valence electrons. The van der Waals surface area contributed by atoms with Crippen LogP contribution in [0.3, 0.4) is 0 Å². The Labute approximate surface area is 148 Å². The van der Waals surface area contributed by atoms with Gasteiger partial charge < -0.3 is 9.64 Å². The van der Waals surface area contributed by atoms with Crippen LogP contribution in [0.5, 0.6) is 0 Å². The summed E-state index contributed by atoms with van der Waals surface area (Å²) in [5.41, 5.74) is -0.391. The number of carbonyl (C=O) groups is 2. The highest BCUT2D eigenvalue weighted by atomic mass is 35.5. The molecule has 0 aliphatic heterocycles. The lowest BCUT2D eigenvalue weighted by Crippen LogP contribution is -2.36. The molecule has 0 aliphatic carbocycles. The molecule has 0 spiro atoms. The zero-order chi connectivity index (χ0) is 18.8. The molecule has 1 amide bonds. The third kappa shape index (κ3) is 6.09. The number of esters is 1. The normalized spacial score (nSPS) is 9.56. The number of nitriles is 2. The Morgan fingerprint density at radius 1 is 1.24 bits per heavy atom. The Morgan fingerprint density at radius 3 is 2.32 bits per heavy atom. The lowest BCUT2D eigenvalue weighted by molar-refractivity contribution is -0.384. The largest absolute Gasteiger partial charge is 0.452 e. The van der Waals surface area contributed by atoms with Crippen molar-refractivity contribution in [3.8, 4) is 12.1 Å². The van der Waals surface area contributed by atoms with E-state index in [-0.39, 0.29) is 42.2 Å². The average molecular weight is 365 g/mol. The maximum Gasteiger partial charge on any atom is 0.340 e. The first-order chi connectivity index (χ1) is 11.9. The summed E-state index contributed by atoms with van der Waals surface area (Å²) in [7, 11) is 0. The molecular formula is C15H13ClN4O5. The highest BCUT2D eigenvalue weighted by Crippen LogP contribution is 2.23. The molecule has 0 atom stereocenters. The van der Waals surface area contributed by atoms with Crippen molar-refractivity contribution in [3.63, 3.8) is 0 Å². The Bertz CT molecular complexity index is 735. The zero-order valence-corrected chi connectivity index (χ0v) is 13.7. The minimum Gasteiger partial charge on any atom is -0.452 e. The molecular weight excluding hydrogens is 352 g/mol. The summed E-state index contributed by atoms with van der Waals surface area (Å²) in [6.45, 7) is -0.358. The van der Waals surface area contributed by atoms with Crippen molar-refractivity contribution in [1.82, 2.24) is 4.90 Å². The molecule has 0 aromatic heterocycles. The summed E-state index contributed by atoms with van der Waals surface area (Å²) in [5.74, 6) is -1.47. The van der Waals surface area contributed by atoms with Gasteiger partial charge in [0, 0.05) is 25.2 Å². The fourth-order valence-corrected chi connectivity index (χ4v) is 2.06. The first kappa shape index (κ1) is 19.9. The predicted octanol–water partition coefficient (Wildman–Crippen LogP) is 2.06. The van der Waals surface area contributed by atoms with Crippen molar-refractivity contribution in [2.24, 2.45) is 0 Å². The minimum atomic E-state index is -0.909. The number of ether oxygens (including phenoxy) is 1. The van der Waals surface area contributed by atoms with E-state index in [1.165, 1.54) is 4.90 Å². The molecule has 0 aliphatic rings. The van der Waals surface area contributed by atoms with Crippen molar-refractivity contribution < 1.29 is 19.2 Å². The Hall–Kier alpha value is -3.17. The number of amides is 1. The molecule has 0 unspecified atom stereocenters. The average Bonchev–Trinajstić information content (AvgIpc) is 2.59. The maximum absolute atomic E-state index is 12.0. The number of nitro benzene ring substituents is 1. The van der Waals surface area contributed by atoms with Gasteiger partial charge in [-0.1, -0.05) is 11.6 Å². The topological polar surface area (TPSA) is 137 Å². The van der Waals surface area contributed by atoms with E-state index in [2.05, 4.69) is 0 Å². The number of benzene rings is 1. The summed E-state index contributed by atoms with van der Waals surface area (Å²) < 4.78 is 4.86. The van der Waals surface area contributed by atoms with Crippen LogP contribution >= 0.6 is 11.6 Å². The van der Waals surface area contributed by atoms with Crippen LogP contribution in [0.25, 0.3) is 0 Å². The molecule has 0 N–H and O–H groups in total. The second-order valence-electron chi connectivity index (χ2n) is 4.69. The molecule has 1 aromatic rings. The lowest BCUT2D eigenvalue weighted by Gasteiger charge is -2.20. The van der Waals surface area contributed by atoms with Gasteiger partial charge in [0.2, 0.25) is 0 Å². The fourth-order valence-electron chi connectivity index (χ4n) is 1.81. The van der Waals surface area contributed by atoms with Gasteiger partial charge in [0.1, 0.15) is 0 Å².